The molecule has 0 aliphatic heterocycles. The summed E-state index contributed by atoms with van der Waals surface area (Å²) in [6, 6.07) is 4.26. The number of benzene rings is 1. The number of hydrogen-bond donors (Lipinski definition) is 1. The van der Waals surface area contributed by atoms with E-state index < -0.39 is 5.82 Å². The Morgan fingerprint density at radius 1 is 1.47 bits per heavy atom. The highest BCUT2D eigenvalue weighted by Crippen LogP contribution is 2.24. The number of rotatable bonds is 4. The van der Waals surface area contributed by atoms with Crippen molar-refractivity contribution < 1.29 is 9.18 Å². The predicted molar refractivity (Wildman–Crippen MR) is 60.0 cm³/mol. The molecule has 1 amide bonds. The standard InChI is InChI=1S/C10H10Cl2FNO/c11-6-2-5-9(15)14-8-4-1-3-7(13)10(8)12/h1,3-4H,2,5-6H2,(H,14,15). The van der Waals surface area contributed by atoms with E-state index in [9.17, 15) is 9.18 Å². The van der Waals surface area contributed by atoms with Gasteiger partial charge in [0.25, 0.3) is 0 Å². The molecule has 82 valence electrons. The van der Waals surface area contributed by atoms with Gasteiger partial charge in [0.2, 0.25) is 5.91 Å². The Morgan fingerprint density at radius 2 is 2.20 bits per heavy atom. The second-order valence-corrected chi connectivity index (χ2v) is 3.70. The van der Waals surface area contributed by atoms with Crippen LogP contribution in [0.3, 0.4) is 0 Å². The van der Waals surface area contributed by atoms with Crippen LogP contribution >= 0.6 is 23.2 Å². The lowest BCUT2D eigenvalue weighted by atomic mass is 10.2. The zero-order chi connectivity index (χ0) is 11.3. The molecule has 1 aromatic rings. The second-order valence-electron chi connectivity index (χ2n) is 2.94. The van der Waals surface area contributed by atoms with Crippen molar-refractivity contribution in [2.75, 3.05) is 11.2 Å². The van der Waals surface area contributed by atoms with Gasteiger partial charge in [-0.1, -0.05) is 17.7 Å². The van der Waals surface area contributed by atoms with Gasteiger partial charge in [-0.15, -0.1) is 11.6 Å². The summed E-state index contributed by atoms with van der Waals surface area (Å²) in [5.41, 5.74) is 0.288. The number of halogens is 3. The molecule has 1 N–H and O–H groups in total. The molecule has 0 saturated heterocycles. The molecule has 1 aromatic carbocycles. The van der Waals surface area contributed by atoms with E-state index in [2.05, 4.69) is 5.32 Å². The summed E-state index contributed by atoms with van der Waals surface area (Å²) in [5.74, 6) is -0.348. The van der Waals surface area contributed by atoms with Crippen molar-refractivity contribution in [2.24, 2.45) is 0 Å². The van der Waals surface area contributed by atoms with Crippen LogP contribution in [0.2, 0.25) is 5.02 Å². The first-order chi connectivity index (χ1) is 7.15. The molecule has 2 nitrogen and oxygen atoms in total. The summed E-state index contributed by atoms with van der Waals surface area (Å²) in [6.45, 7) is 0. The van der Waals surface area contributed by atoms with E-state index in [1.807, 2.05) is 0 Å². The Labute approximate surface area is 97.4 Å². The zero-order valence-electron chi connectivity index (χ0n) is 7.90. The molecule has 0 bridgehead atoms. The van der Waals surface area contributed by atoms with E-state index in [0.717, 1.165) is 0 Å². The fourth-order valence-corrected chi connectivity index (χ4v) is 1.35. The van der Waals surface area contributed by atoms with Gasteiger partial charge in [-0.3, -0.25) is 4.79 Å². The molecule has 1 rings (SSSR count). The van der Waals surface area contributed by atoms with Crippen LogP contribution in [0.4, 0.5) is 10.1 Å². The number of hydrogen-bond acceptors (Lipinski definition) is 1. The van der Waals surface area contributed by atoms with Crippen LogP contribution in [0.25, 0.3) is 0 Å². The summed E-state index contributed by atoms with van der Waals surface area (Å²) in [6.07, 6.45) is 0.886. The topological polar surface area (TPSA) is 29.1 Å². The van der Waals surface area contributed by atoms with Crippen LogP contribution < -0.4 is 5.32 Å². The van der Waals surface area contributed by atoms with Crippen LogP contribution in [0, 0.1) is 5.82 Å². The summed E-state index contributed by atoms with van der Waals surface area (Å²) in [5, 5.41) is 2.44. The van der Waals surface area contributed by atoms with Crippen molar-refractivity contribution in [3.05, 3.63) is 29.0 Å². The highest BCUT2D eigenvalue weighted by Gasteiger charge is 2.08. The normalized spacial score (nSPS) is 10.1. The first-order valence-electron chi connectivity index (χ1n) is 4.45. The zero-order valence-corrected chi connectivity index (χ0v) is 9.41. The lowest BCUT2D eigenvalue weighted by molar-refractivity contribution is -0.116. The molecular formula is C10H10Cl2FNO. The van der Waals surface area contributed by atoms with Gasteiger partial charge in [0.05, 0.1) is 10.7 Å². The minimum atomic E-state index is -0.549. The summed E-state index contributed by atoms with van der Waals surface area (Å²) in [4.78, 5) is 11.3. The Hall–Kier alpha value is -0.800. The molecule has 0 radical (unpaired) electrons. The lowest BCUT2D eigenvalue weighted by Gasteiger charge is -2.06. The van der Waals surface area contributed by atoms with Gasteiger partial charge in [-0.2, -0.15) is 0 Å². The first kappa shape index (κ1) is 12.3. The molecule has 0 aliphatic carbocycles. The third kappa shape index (κ3) is 3.68. The monoisotopic (exact) mass is 249 g/mol. The van der Waals surface area contributed by atoms with Gasteiger partial charge in [0.1, 0.15) is 5.82 Å². The molecule has 0 heterocycles. The van der Waals surface area contributed by atoms with Crippen molar-refractivity contribution in [3.63, 3.8) is 0 Å². The fraction of sp³-hybridized carbons (Fsp3) is 0.300. The minimum absolute atomic E-state index is 0.0725. The van der Waals surface area contributed by atoms with E-state index in [-0.39, 0.29) is 16.6 Å². The SMILES string of the molecule is O=C(CCCCl)Nc1cccc(F)c1Cl. The van der Waals surface area contributed by atoms with Gasteiger partial charge in [-0.05, 0) is 18.6 Å². The number of nitrogens with one attached hydrogen (secondary N) is 1. The minimum Gasteiger partial charge on any atom is -0.325 e. The molecule has 15 heavy (non-hydrogen) atoms. The quantitative estimate of drug-likeness (QED) is 0.815. The average Bonchev–Trinajstić information content (AvgIpc) is 2.22. The molecule has 0 unspecified atom stereocenters. The molecule has 0 atom stereocenters. The maximum atomic E-state index is 13.0. The Balaban J connectivity index is 2.64. The molecule has 0 fully saturated rings. The predicted octanol–water partition coefficient (Wildman–Crippen LogP) is 3.44. The summed E-state index contributed by atoms with van der Waals surface area (Å²) < 4.78 is 13.0. The maximum absolute atomic E-state index is 13.0. The molecule has 0 saturated carbocycles. The van der Waals surface area contributed by atoms with Gasteiger partial charge in [0.15, 0.2) is 0 Å². The third-order valence-electron chi connectivity index (χ3n) is 1.76. The van der Waals surface area contributed by atoms with E-state index >= 15 is 0 Å². The summed E-state index contributed by atoms with van der Waals surface area (Å²) in [7, 11) is 0. The van der Waals surface area contributed by atoms with Crippen LogP contribution in [-0.4, -0.2) is 11.8 Å². The molecule has 0 aromatic heterocycles. The molecule has 0 spiro atoms. The van der Waals surface area contributed by atoms with Crippen molar-refractivity contribution in [3.8, 4) is 0 Å². The number of amides is 1. The Kier molecular flexibility index (Phi) is 4.85. The van der Waals surface area contributed by atoms with E-state index in [1.165, 1.54) is 12.1 Å². The van der Waals surface area contributed by atoms with Crippen LogP contribution in [0.5, 0.6) is 0 Å². The number of anilines is 1. The van der Waals surface area contributed by atoms with E-state index in [0.29, 0.717) is 18.7 Å². The maximum Gasteiger partial charge on any atom is 0.224 e. The van der Waals surface area contributed by atoms with E-state index in [1.54, 1.807) is 6.07 Å². The Morgan fingerprint density at radius 3 is 2.87 bits per heavy atom. The van der Waals surface area contributed by atoms with Crippen molar-refractivity contribution in [1.82, 2.24) is 0 Å². The first-order valence-corrected chi connectivity index (χ1v) is 5.36. The van der Waals surface area contributed by atoms with Crippen molar-refractivity contribution in [2.45, 2.75) is 12.8 Å². The average molecular weight is 250 g/mol. The lowest BCUT2D eigenvalue weighted by Crippen LogP contribution is -2.11. The van der Waals surface area contributed by atoms with Crippen molar-refractivity contribution >= 4 is 34.8 Å². The fourth-order valence-electron chi connectivity index (χ4n) is 1.04. The number of alkyl halides is 1. The molecular weight excluding hydrogens is 240 g/mol. The van der Waals surface area contributed by atoms with Crippen LogP contribution in [0.15, 0.2) is 18.2 Å². The largest absolute Gasteiger partial charge is 0.325 e. The summed E-state index contributed by atoms with van der Waals surface area (Å²) >= 11 is 11.1. The highest BCUT2D eigenvalue weighted by atomic mass is 35.5. The van der Waals surface area contributed by atoms with E-state index in [4.69, 9.17) is 23.2 Å². The van der Waals surface area contributed by atoms with Gasteiger partial charge in [-0.25, -0.2) is 4.39 Å². The molecule has 5 heteroatoms. The third-order valence-corrected chi connectivity index (χ3v) is 2.41. The number of carbonyl (C=O) groups excluding carboxylic acids is 1. The van der Waals surface area contributed by atoms with Gasteiger partial charge in [0, 0.05) is 12.3 Å². The highest BCUT2D eigenvalue weighted by molar-refractivity contribution is 6.33. The van der Waals surface area contributed by atoms with Gasteiger partial charge >= 0.3 is 0 Å². The molecule has 0 aliphatic rings. The Bertz CT molecular complexity index is 357. The van der Waals surface area contributed by atoms with Gasteiger partial charge < -0.3 is 5.32 Å². The second kappa shape index (κ2) is 5.93. The smallest absolute Gasteiger partial charge is 0.224 e. The number of carbonyl (C=O) groups is 1. The van der Waals surface area contributed by atoms with Crippen LogP contribution in [0.1, 0.15) is 12.8 Å². The van der Waals surface area contributed by atoms with Crippen molar-refractivity contribution in [1.29, 1.82) is 0 Å². The van der Waals surface area contributed by atoms with Crippen LogP contribution in [-0.2, 0) is 4.79 Å².